The molecule has 5 rings (SSSR count). The fourth-order valence-corrected chi connectivity index (χ4v) is 5.58. The molecule has 252 valence electrons. The van der Waals surface area contributed by atoms with Gasteiger partial charge >= 0.3 is 0 Å². The molecule has 0 fully saturated rings. The van der Waals surface area contributed by atoms with Crippen molar-refractivity contribution >= 4 is 34.8 Å². The fourth-order valence-electron chi connectivity index (χ4n) is 5.58. The molecule has 3 aromatic carbocycles. The summed E-state index contributed by atoms with van der Waals surface area (Å²) in [5.41, 5.74) is 9.69. The predicted molar refractivity (Wildman–Crippen MR) is 180 cm³/mol. The molecule has 0 aliphatic carbocycles. The number of hydrogen-bond donors (Lipinski definition) is 4. The Morgan fingerprint density at radius 3 is 2.60 bits per heavy atom. The van der Waals surface area contributed by atoms with Gasteiger partial charge in [-0.2, -0.15) is 0 Å². The van der Waals surface area contributed by atoms with E-state index in [1.165, 1.54) is 11.0 Å². The molecule has 3 amide bonds. The maximum absolute atomic E-state index is 13.5. The second kappa shape index (κ2) is 15.5. The number of amides is 3. The number of fused-ring (bicyclic) bond motifs is 1. The molecule has 0 unspecified atom stereocenters. The van der Waals surface area contributed by atoms with Gasteiger partial charge in [-0.25, -0.2) is 4.68 Å². The Morgan fingerprint density at radius 1 is 1.12 bits per heavy atom. The van der Waals surface area contributed by atoms with E-state index in [0.29, 0.717) is 53.6 Å². The van der Waals surface area contributed by atoms with E-state index in [4.69, 9.17) is 10.5 Å². The molecule has 3 atom stereocenters. The Hall–Kier alpha value is -5.34. The summed E-state index contributed by atoms with van der Waals surface area (Å²) < 4.78 is 7.93. The Morgan fingerprint density at radius 2 is 1.90 bits per heavy atom. The number of ether oxygens (including phenoxy) is 1. The number of nitrogens with zero attached hydrogens (tertiary/aromatic N) is 6. The van der Waals surface area contributed by atoms with Gasteiger partial charge in [0.1, 0.15) is 24.7 Å². The Kier molecular flexibility index (Phi) is 11.0. The van der Waals surface area contributed by atoms with Crippen LogP contribution in [0.2, 0.25) is 0 Å². The molecule has 0 bridgehead atoms. The van der Waals surface area contributed by atoms with Crippen molar-refractivity contribution in [1.82, 2.24) is 30.0 Å². The van der Waals surface area contributed by atoms with Crippen LogP contribution in [-0.4, -0.2) is 91.7 Å². The van der Waals surface area contributed by atoms with E-state index < -0.39 is 0 Å². The van der Waals surface area contributed by atoms with Gasteiger partial charge in [-0.1, -0.05) is 31.2 Å². The molecular formula is C34H41N9O5. The van der Waals surface area contributed by atoms with Crippen LogP contribution in [0.1, 0.15) is 35.3 Å². The number of benzene rings is 3. The molecule has 4 aromatic rings. The molecule has 0 spiro atoms. The number of nitrogens with two attached hydrogens (primary N) is 1. The summed E-state index contributed by atoms with van der Waals surface area (Å²) in [4.78, 5) is 42.7. The zero-order valence-electron chi connectivity index (χ0n) is 27.2. The van der Waals surface area contributed by atoms with Gasteiger partial charge in [0.2, 0.25) is 11.8 Å². The molecule has 14 heteroatoms. The van der Waals surface area contributed by atoms with Crippen molar-refractivity contribution in [1.29, 1.82) is 0 Å². The molecule has 1 aliphatic heterocycles. The Bertz CT molecular complexity index is 1710. The van der Waals surface area contributed by atoms with Gasteiger partial charge in [0.05, 0.1) is 30.4 Å². The zero-order chi connectivity index (χ0) is 34.2. The maximum atomic E-state index is 13.5. The largest absolute Gasteiger partial charge is 0.488 e. The van der Waals surface area contributed by atoms with E-state index in [9.17, 15) is 19.5 Å². The maximum Gasteiger partial charge on any atom is 0.255 e. The summed E-state index contributed by atoms with van der Waals surface area (Å²) in [6.45, 7) is 5.15. The quantitative estimate of drug-likeness (QED) is 0.175. The smallest absolute Gasteiger partial charge is 0.255 e. The highest BCUT2D eigenvalue weighted by atomic mass is 16.5. The van der Waals surface area contributed by atoms with Gasteiger partial charge in [-0.3, -0.25) is 19.3 Å². The van der Waals surface area contributed by atoms with Gasteiger partial charge in [-0.15, -0.1) is 5.10 Å². The van der Waals surface area contributed by atoms with Gasteiger partial charge in [0.15, 0.2) is 0 Å². The first-order valence-electron chi connectivity index (χ1n) is 15.7. The molecule has 5 N–H and O–H groups in total. The van der Waals surface area contributed by atoms with E-state index in [1.54, 1.807) is 47.4 Å². The number of nitrogens with one attached hydrogen (secondary N) is 2. The van der Waals surface area contributed by atoms with Crippen molar-refractivity contribution in [3.8, 4) is 5.75 Å². The number of tetrazole rings is 1. The summed E-state index contributed by atoms with van der Waals surface area (Å²) in [5, 5.41) is 26.4. The van der Waals surface area contributed by atoms with Crippen LogP contribution in [0.25, 0.3) is 0 Å². The Labute approximate surface area is 278 Å². The van der Waals surface area contributed by atoms with Crippen LogP contribution in [0.3, 0.4) is 0 Å². The molecule has 1 aromatic heterocycles. The van der Waals surface area contributed by atoms with Crippen LogP contribution in [0.4, 0.5) is 17.1 Å². The highest BCUT2D eigenvalue weighted by Gasteiger charge is 2.31. The number of aliphatic hydroxyl groups excluding tert-OH is 1. The molecule has 48 heavy (non-hydrogen) atoms. The van der Waals surface area contributed by atoms with Crippen molar-refractivity contribution in [3.63, 3.8) is 0 Å². The molecule has 2 heterocycles. The van der Waals surface area contributed by atoms with Crippen LogP contribution in [0.5, 0.6) is 5.75 Å². The lowest BCUT2D eigenvalue weighted by atomic mass is 10.0. The van der Waals surface area contributed by atoms with Crippen LogP contribution < -0.4 is 21.1 Å². The lowest BCUT2D eigenvalue weighted by molar-refractivity contribution is -0.134. The second-order valence-electron chi connectivity index (χ2n) is 12.2. The minimum atomic E-state index is -0.381. The number of para-hydroxylation sites is 2. The average Bonchev–Trinajstić information content (AvgIpc) is 3.58. The lowest BCUT2D eigenvalue weighted by Crippen LogP contribution is -2.47. The Balaban J connectivity index is 1.29. The van der Waals surface area contributed by atoms with Gasteiger partial charge in [0.25, 0.3) is 5.91 Å². The van der Waals surface area contributed by atoms with Crippen LogP contribution in [0, 0.1) is 5.92 Å². The number of carbonyl (C=O) groups excluding carboxylic acids is 3. The zero-order valence-corrected chi connectivity index (χ0v) is 27.2. The molecule has 0 saturated heterocycles. The number of anilines is 3. The van der Waals surface area contributed by atoms with Crippen molar-refractivity contribution in [2.24, 2.45) is 5.92 Å². The number of likely N-dealkylation sites (N-methyl/N-ethyl adjacent to an activating group) is 1. The topological polar surface area (TPSA) is 181 Å². The number of rotatable bonds is 11. The summed E-state index contributed by atoms with van der Waals surface area (Å²) in [7, 11) is 1.99. The summed E-state index contributed by atoms with van der Waals surface area (Å²) in [6.07, 6.45) is 1.08. The SMILES string of the molecule is C[C@H]1CN([C@@H](C)CO)C(=O)Cc2cc(NC(=O)Cn3cnnn3)ccc2O[C@@H]1CN(C)Cc1ccc(C(=O)Nc2ccccc2N)cc1. The first kappa shape index (κ1) is 34.0. The van der Waals surface area contributed by atoms with E-state index in [0.717, 1.165) is 5.56 Å². The fraction of sp³-hybridized carbons (Fsp3) is 0.353. The number of aromatic nitrogens is 4. The highest BCUT2D eigenvalue weighted by molar-refractivity contribution is 6.05. The third-order valence-electron chi connectivity index (χ3n) is 8.27. The average molecular weight is 656 g/mol. The minimum absolute atomic E-state index is 0.0441. The van der Waals surface area contributed by atoms with Gasteiger partial charge in [-0.05, 0) is 72.4 Å². The highest BCUT2D eigenvalue weighted by Crippen LogP contribution is 2.29. The number of hydrogen-bond acceptors (Lipinski definition) is 10. The van der Waals surface area contributed by atoms with E-state index in [-0.39, 0.29) is 55.4 Å². The summed E-state index contributed by atoms with van der Waals surface area (Å²) in [6, 6.07) is 19.4. The van der Waals surface area contributed by atoms with Crippen LogP contribution in [0.15, 0.2) is 73.1 Å². The number of aliphatic hydroxyl groups is 1. The molecule has 1 aliphatic rings. The summed E-state index contributed by atoms with van der Waals surface area (Å²) in [5.74, 6) is -0.233. The van der Waals surface area contributed by atoms with Crippen molar-refractivity contribution in [2.45, 2.75) is 45.5 Å². The number of carbonyl (C=O) groups is 3. The molecule has 0 saturated carbocycles. The van der Waals surface area contributed by atoms with Crippen LogP contribution in [-0.2, 0) is 29.1 Å². The van der Waals surface area contributed by atoms with Gasteiger partial charge in [0, 0.05) is 42.4 Å². The second-order valence-corrected chi connectivity index (χ2v) is 12.2. The van der Waals surface area contributed by atoms with Crippen LogP contribution >= 0.6 is 0 Å². The van der Waals surface area contributed by atoms with Crippen molar-refractivity contribution in [2.75, 3.05) is 43.1 Å². The minimum Gasteiger partial charge on any atom is -0.488 e. The van der Waals surface area contributed by atoms with E-state index in [1.807, 2.05) is 45.2 Å². The van der Waals surface area contributed by atoms with Crippen molar-refractivity contribution < 1.29 is 24.2 Å². The predicted octanol–water partition coefficient (Wildman–Crippen LogP) is 2.43. The molecule has 0 radical (unpaired) electrons. The first-order valence-corrected chi connectivity index (χ1v) is 15.7. The standard InChI is InChI=1S/C34H41N9O5/c1-22-16-43(23(2)20-44)33(46)15-26-14-27(37-32(45)19-42-21-36-39-40-42)12-13-30(26)48-31(22)18-41(3)17-24-8-10-25(11-9-24)34(47)38-29-7-5-4-6-28(29)35/h4-14,21-23,31,44H,15-20,35H2,1-3H3,(H,37,45)(H,38,47)/t22-,23-,31+/m0/s1. The van der Waals surface area contributed by atoms with E-state index >= 15 is 0 Å². The first-order chi connectivity index (χ1) is 23.1. The third kappa shape index (κ3) is 8.72. The summed E-state index contributed by atoms with van der Waals surface area (Å²) >= 11 is 0. The van der Waals surface area contributed by atoms with Gasteiger partial charge < -0.3 is 31.1 Å². The lowest BCUT2D eigenvalue weighted by Gasteiger charge is -2.34. The molecular weight excluding hydrogens is 614 g/mol. The third-order valence-corrected chi connectivity index (χ3v) is 8.27. The van der Waals surface area contributed by atoms with Crippen molar-refractivity contribution in [3.05, 3.63) is 89.7 Å². The van der Waals surface area contributed by atoms with E-state index in [2.05, 4.69) is 31.1 Å². The monoisotopic (exact) mass is 655 g/mol. The molecule has 14 nitrogen and oxygen atoms in total. The normalized spacial score (nSPS) is 17.0. The number of nitrogen functional groups attached to an aromatic ring is 1.